The number of rotatable bonds is 6. The van der Waals surface area contributed by atoms with Crippen molar-refractivity contribution in [1.29, 1.82) is 0 Å². The van der Waals surface area contributed by atoms with E-state index in [0.29, 0.717) is 22.6 Å². The number of nitrogens with zero attached hydrogens (tertiary/aromatic N) is 2. The highest BCUT2D eigenvalue weighted by atomic mass is 32.2. The van der Waals surface area contributed by atoms with Gasteiger partial charge in [0.2, 0.25) is 0 Å². The quantitative estimate of drug-likeness (QED) is 0.515. The smallest absolute Gasteiger partial charge is 0.287 e. The molecule has 2 heterocycles. The highest BCUT2D eigenvalue weighted by Gasteiger charge is 2.22. The molecule has 1 fully saturated rings. The van der Waals surface area contributed by atoms with Crippen molar-refractivity contribution in [2.75, 3.05) is 6.54 Å². The van der Waals surface area contributed by atoms with Crippen LogP contribution in [0.5, 0.6) is 0 Å². The third-order valence-corrected chi connectivity index (χ3v) is 5.72. The van der Waals surface area contributed by atoms with Gasteiger partial charge in [-0.1, -0.05) is 42.8 Å². The molecule has 26 heavy (non-hydrogen) atoms. The van der Waals surface area contributed by atoms with Gasteiger partial charge in [-0.2, -0.15) is 0 Å². The molecule has 0 radical (unpaired) electrons. The summed E-state index contributed by atoms with van der Waals surface area (Å²) in [6, 6.07) is 9.57. The van der Waals surface area contributed by atoms with E-state index in [9.17, 15) is 4.79 Å². The van der Waals surface area contributed by atoms with Crippen molar-refractivity contribution in [2.45, 2.75) is 36.6 Å². The van der Waals surface area contributed by atoms with E-state index in [1.165, 1.54) is 37.4 Å². The molecule has 134 valence electrons. The lowest BCUT2D eigenvalue weighted by Crippen LogP contribution is -2.28. The summed E-state index contributed by atoms with van der Waals surface area (Å²) in [5.74, 6) is 1.47. The number of nitrogens with one attached hydrogen (secondary N) is 1. The van der Waals surface area contributed by atoms with Gasteiger partial charge in [0.1, 0.15) is 5.58 Å². The molecule has 0 spiro atoms. The first-order valence-corrected chi connectivity index (χ1v) is 9.98. The van der Waals surface area contributed by atoms with E-state index < -0.39 is 0 Å². The SMILES string of the molecule is O=C(NCC1CCCC1)c1oc2ccccc2c1CSc1ncccn1. The number of para-hydroxylation sites is 1. The van der Waals surface area contributed by atoms with Crippen LogP contribution in [0.2, 0.25) is 0 Å². The van der Waals surface area contributed by atoms with Crippen molar-refractivity contribution < 1.29 is 9.21 Å². The molecule has 1 aromatic carbocycles. The molecule has 1 amide bonds. The molecule has 1 aliphatic carbocycles. The molecule has 2 aromatic heterocycles. The highest BCUT2D eigenvalue weighted by Crippen LogP contribution is 2.31. The van der Waals surface area contributed by atoms with Gasteiger partial charge in [-0.15, -0.1) is 0 Å². The number of amides is 1. The van der Waals surface area contributed by atoms with Crippen molar-refractivity contribution in [1.82, 2.24) is 15.3 Å². The summed E-state index contributed by atoms with van der Waals surface area (Å²) in [7, 11) is 0. The lowest BCUT2D eigenvalue weighted by atomic mass is 10.1. The first kappa shape index (κ1) is 17.1. The first-order chi connectivity index (χ1) is 12.8. The zero-order chi connectivity index (χ0) is 17.8. The Morgan fingerprint density at radius 3 is 2.73 bits per heavy atom. The molecular formula is C20H21N3O2S. The Morgan fingerprint density at radius 1 is 1.15 bits per heavy atom. The predicted molar refractivity (Wildman–Crippen MR) is 102 cm³/mol. The molecule has 0 bridgehead atoms. The van der Waals surface area contributed by atoms with Gasteiger partial charge in [-0.3, -0.25) is 4.79 Å². The van der Waals surface area contributed by atoms with E-state index in [2.05, 4.69) is 15.3 Å². The number of aromatic nitrogens is 2. The summed E-state index contributed by atoms with van der Waals surface area (Å²) >= 11 is 1.51. The number of furan rings is 1. The van der Waals surface area contributed by atoms with Gasteiger partial charge in [0.05, 0.1) is 0 Å². The summed E-state index contributed by atoms with van der Waals surface area (Å²) < 4.78 is 5.90. The Bertz CT molecular complexity index is 888. The molecule has 0 aliphatic heterocycles. The lowest BCUT2D eigenvalue weighted by molar-refractivity contribution is 0.0921. The Morgan fingerprint density at radius 2 is 1.92 bits per heavy atom. The van der Waals surface area contributed by atoms with Crippen LogP contribution in [0.15, 0.2) is 52.3 Å². The van der Waals surface area contributed by atoms with Crippen molar-refractivity contribution in [3.05, 3.63) is 54.0 Å². The number of benzene rings is 1. The largest absolute Gasteiger partial charge is 0.451 e. The van der Waals surface area contributed by atoms with Gasteiger partial charge in [0, 0.05) is 35.6 Å². The Labute approximate surface area is 156 Å². The summed E-state index contributed by atoms with van der Waals surface area (Å²) in [5, 5.41) is 4.73. The molecule has 0 atom stereocenters. The molecule has 3 aromatic rings. The molecule has 1 saturated carbocycles. The van der Waals surface area contributed by atoms with Crippen LogP contribution in [0.4, 0.5) is 0 Å². The summed E-state index contributed by atoms with van der Waals surface area (Å²) in [4.78, 5) is 21.2. The van der Waals surface area contributed by atoms with Gasteiger partial charge in [-0.25, -0.2) is 9.97 Å². The van der Waals surface area contributed by atoms with Gasteiger partial charge < -0.3 is 9.73 Å². The third-order valence-electron chi connectivity index (χ3n) is 4.82. The molecular weight excluding hydrogens is 346 g/mol. The molecule has 4 rings (SSSR count). The fraction of sp³-hybridized carbons (Fsp3) is 0.350. The minimum absolute atomic E-state index is 0.127. The maximum Gasteiger partial charge on any atom is 0.287 e. The van der Waals surface area contributed by atoms with Crippen LogP contribution in [0, 0.1) is 5.92 Å². The van der Waals surface area contributed by atoms with Crippen LogP contribution in [0.1, 0.15) is 41.8 Å². The van der Waals surface area contributed by atoms with E-state index in [0.717, 1.165) is 23.1 Å². The Balaban J connectivity index is 1.55. The van der Waals surface area contributed by atoms with Gasteiger partial charge in [0.15, 0.2) is 10.9 Å². The maximum absolute atomic E-state index is 12.8. The fourth-order valence-electron chi connectivity index (χ4n) is 3.45. The molecule has 5 nitrogen and oxygen atoms in total. The average Bonchev–Trinajstić information content (AvgIpc) is 3.33. The monoisotopic (exact) mass is 367 g/mol. The van der Waals surface area contributed by atoms with E-state index in [4.69, 9.17) is 4.42 Å². The highest BCUT2D eigenvalue weighted by molar-refractivity contribution is 7.98. The van der Waals surface area contributed by atoms with E-state index >= 15 is 0 Å². The van der Waals surface area contributed by atoms with Crippen molar-refractivity contribution in [2.24, 2.45) is 5.92 Å². The summed E-state index contributed by atoms with van der Waals surface area (Å²) in [5.41, 5.74) is 1.64. The fourth-order valence-corrected chi connectivity index (χ4v) is 4.28. The average molecular weight is 367 g/mol. The van der Waals surface area contributed by atoms with Crippen LogP contribution in [0.3, 0.4) is 0 Å². The summed E-state index contributed by atoms with van der Waals surface area (Å²) in [6.45, 7) is 0.726. The number of fused-ring (bicyclic) bond motifs is 1. The van der Waals surface area contributed by atoms with Gasteiger partial charge >= 0.3 is 0 Å². The topological polar surface area (TPSA) is 68.0 Å². The minimum atomic E-state index is -0.127. The molecule has 1 N–H and O–H groups in total. The number of hydrogen-bond acceptors (Lipinski definition) is 5. The van der Waals surface area contributed by atoms with Crippen LogP contribution in [-0.4, -0.2) is 22.4 Å². The molecule has 6 heteroatoms. The third kappa shape index (κ3) is 3.75. The van der Waals surface area contributed by atoms with E-state index in [-0.39, 0.29) is 5.91 Å². The second-order valence-corrected chi connectivity index (χ2v) is 7.53. The van der Waals surface area contributed by atoms with E-state index in [1.54, 1.807) is 18.5 Å². The zero-order valence-corrected chi connectivity index (χ0v) is 15.3. The van der Waals surface area contributed by atoms with Crippen molar-refractivity contribution >= 4 is 28.6 Å². The number of carbonyl (C=O) groups is 1. The number of carbonyl (C=O) groups excluding carboxylic acids is 1. The van der Waals surface area contributed by atoms with Crippen molar-refractivity contribution in [3.8, 4) is 0 Å². The van der Waals surface area contributed by atoms with Crippen LogP contribution >= 0.6 is 11.8 Å². The number of hydrogen-bond donors (Lipinski definition) is 1. The second kappa shape index (κ2) is 7.91. The van der Waals surface area contributed by atoms with Gasteiger partial charge in [0.25, 0.3) is 5.91 Å². The first-order valence-electron chi connectivity index (χ1n) is 8.99. The zero-order valence-electron chi connectivity index (χ0n) is 14.5. The van der Waals surface area contributed by atoms with E-state index in [1.807, 2.05) is 24.3 Å². The van der Waals surface area contributed by atoms with Crippen molar-refractivity contribution in [3.63, 3.8) is 0 Å². The standard InChI is InChI=1S/C20H21N3O2S/c24-19(23-12-14-6-1-2-7-14)18-16(13-26-20-21-10-5-11-22-20)15-8-3-4-9-17(15)25-18/h3-5,8-11,14H,1-2,6-7,12-13H2,(H,23,24). The molecule has 1 aliphatic rings. The normalized spacial score (nSPS) is 14.8. The predicted octanol–water partition coefficient (Wildman–Crippen LogP) is 4.44. The maximum atomic E-state index is 12.8. The number of thioether (sulfide) groups is 1. The van der Waals surface area contributed by atoms with Crippen LogP contribution in [-0.2, 0) is 5.75 Å². The van der Waals surface area contributed by atoms with Crippen LogP contribution in [0.25, 0.3) is 11.0 Å². The Kier molecular flexibility index (Phi) is 5.20. The Hall–Kier alpha value is -2.34. The van der Waals surface area contributed by atoms with Gasteiger partial charge in [-0.05, 0) is 30.9 Å². The minimum Gasteiger partial charge on any atom is -0.451 e. The molecule has 0 saturated heterocycles. The summed E-state index contributed by atoms with van der Waals surface area (Å²) in [6.07, 6.45) is 8.38. The van der Waals surface area contributed by atoms with Crippen LogP contribution < -0.4 is 5.32 Å². The molecule has 0 unspecified atom stereocenters. The lowest BCUT2D eigenvalue weighted by Gasteiger charge is -2.10. The second-order valence-electron chi connectivity index (χ2n) is 6.59.